The molecule has 2 heteroatoms. The van der Waals surface area contributed by atoms with E-state index in [1.807, 2.05) is 6.92 Å². The maximum absolute atomic E-state index is 11.4. The Morgan fingerprint density at radius 2 is 1.53 bits per heavy atom. The Bertz CT molecular complexity index is 225. The molecule has 0 rings (SSSR count). The maximum Gasteiger partial charge on any atom is 0.309 e. The summed E-state index contributed by atoms with van der Waals surface area (Å²) in [7, 11) is 0. The third-order valence-electron chi connectivity index (χ3n) is 3.58. The van der Waals surface area contributed by atoms with Gasteiger partial charge in [0.1, 0.15) is 0 Å². The Morgan fingerprint density at radius 1 is 1.13 bits per heavy atom. The molecule has 15 heavy (non-hydrogen) atoms. The predicted octanol–water partition coefficient (Wildman–Crippen LogP) is 3.81. The van der Waals surface area contributed by atoms with Crippen molar-refractivity contribution in [2.75, 3.05) is 0 Å². The number of carboxylic acid groups (broad SMARTS) is 1. The van der Waals surface area contributed by atoms with Crippen molar-refractivity contribution in [2.45, 2.75) is 54.9 Å². The van der Waals surface area contributed by atoms with Crippen LogP contribution >= 0.6 is 0 Å². The Labute approximate surface area is 94.1 Å². The molecule has 0 heterocycles. The van der Waals surface area contributed by atoms with Crippen molar-refractivity contribution < 1.29 is 9.90 Å². The maximum atomic E-state index is 11.4. The molecule has 0 aliphatic carbocycles. The summed E-state index contributed by atoms with van der Waals surface area (Å²) < 4.78 is 0. The molecule has 0 aromatic heterocycles. The van der Waals surface area contributed by atoms with Crippen molar-refractivity contribution >= 4 is 5.97 Å². The second kappa shape index (κ2) is 4.54. The van der Waals surface area contributed by atoms with Gasteiger partial charge in [-0.25, -0.2) is 0 Å². The highest BCUT2D eigenvalue weighted by atomic mass is 16.4. The number of hydrogen-bond donors (Lipinski definition) is 1. The molecule has 2 unspecified atom stereocenters. The first-order valence-electron chi connectivity index (χ1n) is 5.75. The quantitative estimate of drug-likeness (QED) is 0.772. The molecule has 1 N–H and O–H groups in total. The number of rotatable bonds is 4. The summed E-state index contributed by atoms with van der Waals surface area (Å²) in [6.45, 7) is 14.4. The van der Waals surface area contributed by atoms with E-state index >= 15 is 0 Å². The molecule has 0 aromatic carbocycles. The number of aliphatic carboxylic acids is 1. The van der Waals surface area contributed by atoms with Crippen molar-refractivity contribution in [1.82, 2.24) is 0 Å². The summed E-state index contributed by atoms with van der Waals surface area (Å²) in [5, 5.41) is 9.42. The van der Waals surface area contributed by atoms with E-state index in [4.69, 9.17) is 0 Å². The van der Waals surface area contributed by atoms with E-state index in [0.29, 0.717) is 5.92 Å². The van der Waals surface area contributed by atoms with E-state index in [1.165, 1.54) is 0 Å². The zero-order valence-electron chi connectivity index (χ0n) is 11.2. The zero-order valence-corrected chi connectivity index (χ0v) is 11.2. The molecule has 0 bridgehead atoms. The molecule has 0 spiro atoms. The summed E-state index contributed by atoms with van der Waals surface area (Å²) in [5.41, 5.74) is -0.589. The lowest BCUT2D eigenvalue weighted by atomic mass is 9.63. The SMILES string of the molecule is CC(C)CC(C)(C(=O)O)C(C)C(C)(C)C. The van der Waals surface area contributed by atoms with Crippen LogP contribution in [-0.2, 0) is 4.79 Å². The molecular weight excluding hydrogens is 188 g/mol. The molecule has 90 valence electrons. The molecule has 2 nitrogen and oxygen atoms in total. The highest BCUT2D eigenvalue weighted by Gasteiger charge is 2.44. The average molecular weight is 214 g/mol. The van der Waals surface area contributed by atoms with Crippen molar-refractivity contribution in [3.05, 3.63) is 0 Å². The minimum Gasteiger partial charge on any atom is -0.481 e. The second-order valence-electron chi connectivity index (χ2n) is 6.41. The van der Waals surface area contributed by atoms with E-state index in [9.17, 15) is 9.90 Å². The number of carboxylic acids is 1. The van der Waals surface area contributed by atoms with Crippen molar-refractivity contribution in [1.29, 1.82) is 0 Å². The van der Waals surface area contributed by atoms with Crippen molar-refractivity contribution in [3.8, 4) is 0 Å². The van der Waals surface area contributed by atoms with Crippen LogP contribution < -0.4 is 0 Å². The average Bonchev–Trinajstić information content (AvgIpc) is 1.99. The summed E-state index contributed by atoms with van der Waals surface area (Å²) >= 11 is 0. The molecule has 0 amide bonds. The molecule has 0 saturated carbocycles. The highest BCUT2D eigenvalue weighted by molar-refractivity contribution is 5.74. The Hall–Kier alpha value is -0.530. The van der Waals surface area contributed by atoms with Gasteiger partial charge in [-0.3, -0.25) is 4.79 Å². The van der Waals surface area contributed by atoms with Crippen LogP contribution in [0, 0.1) is 22.7 Å². The molecule has 0 aromatic rings. The highest BCUT2D eigenvalue weighted by Crippen LogP contribution is 2.44. The van der Waals surface area contributed by atoms with Gasteiger partial charge in [-0.05, 0) is 30.6 Å². The van der Waals surface area contributed by atoms with Crippen LogP contribution in [0.4, 0.5) is 0 Å². The third kappa shape index (κ3) is 3.51. The van der Waals surface area contributed by atoms with Crippen LogP contribution in [0.5, 0.6) is 0 Å². The lowest BCUT2D eigenvalue weighted by Crippen LogP contribution is -2.41. The fourth-order valence-electron chi connectivity index (χ4n) is 2.25. The fourth-order valence-corrected chi connectivity index (χ4v) is 2.25. The first-order valence-corrected chi connectivity index (χ1v) is 5.75. The van der Waals surface area contributed by atoms with Crippen LogP contribution in [0.2, 0.25) is 0 Å². The lowest BCUT2D eigenvalue weighted by Gasteiger charge is -2.41. The largest absolute Gasteiger partial charge is 0.481 e. The van der Waals surface area contributed by atoms with Gasteiger partial charge in [-0.1, -0.05) is 41.5 Å². The molecular formula is C13H26O2. The van der Waals surface area contributed by atoms with Gasteiger partial charge in [0, 0.05) is 0 Å². The molecule has 0 saturated heterocycles. The normalized spacial score (nSPS) is 18.7. The number of hydrogen-bond acceptors (Lipinski definition) is 1. The Balaban J connectivity index is 5.03. The lowest BCUT2D eigenvalue weighted by molar-refractivity contribution is -0.155. The van der Waals surface area contributed by atoms with Gasteiger partial charge in [-0.2, -0.15) is 0 Å². The van der Waals surface area contributed by atoms with Gasteiger partial charge >= 0.3 is 5.97 Å². The van der Waals surface area contributed by atoms with Gasteiger partial charge in [-0.15, -0.1) is 0 Å². The van der Waals surface area contributed by atoms with Gasteiger partial charge in [0.05, 0.1) is 5.41 Å². The summed E-state index contributed by atoms with van der Waals surface area (Å²) in [4.78, 5) is 11.4. The van der Waals surface area contributed by atoms with Gasteiger partial charge < -0.3 is 5.11 Å². The first kappa shape index (κ1) is 14.5. The van der Waals surface area contributed by atoms with E-state index < -0.39 is 11.4 Å². The first-order chi connectivity index (χ1) is 6.51. The van der Waals surface area contributed by atoms with E-state index in [1.54, 1.807) is 0 Å². The number of carbonyl (C=O) groups is 1. The Morgan fingerprint density at radius 3 is 1.73 bits per heavy atom. The summed E-state index contributed by atoms with van der Waals surface area (Å²) in [6.07, 6.45) is 0.737. The fraction of sp³-hybridized carbons (Fsp3) is 0.923. The Kier molecular flexibility index (Phi) is 4.38. The van der Waals surface area contributed by atoms with Crippen LogP contribution in [0.1, 0.15) is 54.9 Å². The predicted molar refractivity (Wildman–Crippen MR) is 63.8 cm³/mol. The summed E-state index contributed by atoms with van der Waals surface area (Å²) in [5.74, 6) is -0.0978. The molecule has 0 aliphatic heterocycles. The molecule has 2 atom stereocenters. The van der Waals surface area contributed by atoms with Crippen LogP contribution in [0.3, 0.4) is 0 Å². The monoisotopic (exact) mass is 214 g/mol. The smallest absolute Gasteiger partial charge is 0.309 e. The zero-order chi connectivity index (χ0) is 12.4. The minimum absolute atomic E-state index is 0.0298. The molecule has 0 radical (unpaired) electrons. The second-order valence-corrected chi connectivity index (χ2v) is 6.41. The van der Waals surface area contributed by atoms with E-state index in [2.05, 4.69) is 41.5 Å². The van der Waals surface area contributed by atoms with Crippen molar-refractivity contribution in [3.63, 3.8) is 0 Å². The van der Waals surface area contributed by atoms with Crippen LogP contribution in [0.25, 0.3) is 0 Å². The van der Waals surface area contributed by atoms with Crippen LogP contribution in [-0.4, -0.2) is 11.1 Å². The third-order valence-corrected chi connectivity index (χ3v) is 3.58. The van der Waals surface area contributed by atoms with Gasteiger partial charge in [0.25, 0.3) is 0 Å². The van der Waals surface area contributed by atoms with E-state index in [0.717, 1.165) is 6.42 Å². The van der Waals surface area contributed by atoms with Crippen molar-refractivity contribution in [2.24, 2.45) is 22.7 Å². The van der Waals surface area contributed by atoms with Crippen LogP contribution in [0.15, 0.2) is 0 Å². The topological polar surface area (TPSA) is 37.3 Å². The minimum atomic E-state index is -0.668. The summed E-state index contributed by atoms with van der Waals surface area (Å²) in [6, 6.07) is 0. The van der Waals surface area contributed by atoms with Gasteiger partial charge in [0.2, 0.25) is 0 Å². The standard InChI is InChI=1S/C13H26O2/c1-9(2)8-13(7,11(14)15)10(3)12(4,5)6/h9-10H,8H2,1-7H3,(H,14,15). The van der Waals surface area contributed by atoms with Gasteiger partial charge in [0.15, 0.2) is 0 Å². The molecule has 0 fully saturated rings. The molecule has 0 aliphatic rings. The van der Waals surface area contributed by atoms with E-state index in [-0.39, 0.29) is 11.3 Å².